The lowest BCUT2D eigenvalue weighted by Crippen LogP contribution is -2.41. The number of benzene rings is 1. The van der Waals surface area contributed by atoms with Gasteiger partial charge in [0.1, 0.15) is 10.7 Å². The molecule has 0 aliphatic carbocycles. The van der Waals surface area contributed by atoms with Crippen LogP contribution in [-0.2, 0) is 11.8 Å². The van der Waals surface area contributed by atoms with Gasteiger partial charge in [0, 0.05) is 25.0 Å². The molecule has 4 rings (SSSR count). The summed E-state index contributed by atoms with van der Waals surface area (Å²) in [7, 11) is 1.65. The third-order valence-electron chi connectivity index (χ3n) is 5.03. The summed E-state index contributed by atoms with van der Waals surface area (Å²) in [6.45, 7) is 3.98. The van der Waals surface area contributed by atoms with Gasteiger partial charge >= 0.3 is 0 Å². The van der Waals surface area contributed by atoms with Crippen LogP contribution in [0.15, 0.2) is 36.5 Å². The standard InChI is InChI=1S/C21H21ClN4O3S/c1-13-16(21(28)26-8-10-29-11-9-26)20(30-18(13)14-6-4-3-5-7-14)24-19(27)17-15(22)12-23-25(17)2/h3-7,12H,8-11H2,1-2H3,(H,24,27). The van der Waals surface area contributed by atoms with Crippen molar-refractivity contribution in [1.82, 2.24) is 14.7 Å². The molecule has 2 aromatic heterocycles. The summed E-state index contributed by atoms with van der Waals surface area (Å²) in [4.78, 5) is 29.0. The van der Waals surface area contributed by atoms with Gasteiger partial charge in [-0.3, -0.25) is 14.3 Å². The normalized spacial score (nSPS) is 14.0. The molecule has 0 saturated carbocycles. The number of carbonyl (C=O) groups excluding carboxylic acids is 2. The number of nitrogens with one attached hydrogen (secondary N) is 1. The van der Waals surface area contributed by atoms with Crippen molar-refractivity contribution in [3.63, 3.8) is 0 Å². The van der Waals surface area contributed by atoms with E-state index in [1.165, 1.54) is 22.2 Å². The van der Waals surface area contributed by atoms with E-state index in [9.17, 15) is 9.59 Å². The van der Waals surface area contributed by atoms with Gasteiger partial charge in [-0.1, -0.05) is 41.9 Å². The lowest BCUT2D eigenvalue weighted by Gasteiger charge is -2.27. The molecule has 3 heterocycles. The molecule has 0 unspecified atom stereocenters. The Hall–Kier alpha value is -2.68. The number of hydrogen-bond acceptors (Lipinski definition) is 5. The SMILES string of the molecule is Cc1c(-c2ccccc2)sc(NC(=O)c2c(Cl)cnn2C)c1C(=O)N1CCOCC1. The summed E-state index contributed by atoms with van der Waals surface area (Å²) >= 11 is 7.52. The molecule has 30 heavy (non-hydrogen) atoms. The molecule has 156 valence electrons. The van der Waals surface area contributed by atoms with Crippen molar-refractivity contribution < 1.29 is 14.3 Å². The molecule has 7 nitrogen and oxygen atoms in total. The van der Waals surface area contributed by atoms with Crippen molar-refractivity contribution in [2.45, 2.75) is 6.92 Å². The third-order valence-corrected chi connectivity index (χ3v) is 6.56. The molecule has 9 heteroatoms. The first-order valence-electron chi connectivity index (χ1n) is 9.52. The number of thiophene rings is 1. The van der Waals surface area contributed by atoms with Crippen molar-refractivity contribution in [3.05, 3.63) is 58.4 Å². The van der Waals surface area contributed by atoms with Gasteiger partial charge in [0.2, 0.25) is 0 Å². The van der Waals surface area contributed by atoms with Crippen LogP contribution in [0.5, 0.6) is 0 Å². The predicted octanol–water partition coefficient (Wildman–Crippen LogP) is 3.84. The molecule has 0 spiro atoms. The van der Waals surface area contributed by atoms with Crippen molar-refractivity contribution in [3.8, 4) is 10.4 Å². The number of aryl methyl sites for hydroxylation is 1. The highest BCUT2D eigenvalue weighted by molar-refractivity contribution is 7.20. The molecule has 1 aliphatic heterocycles. The van der Waals surface area contributed by atoms with Crippen LogP contribution < -0.4 is 5.32 Å². The molecule has 1 aromatic carbocycles. The fraction of sp³-hybridized carbons (Fsp3) is 0.286. The summed E-state index contributed by atoms with van der Waals surface area (Å²) in [5.41, 5.74) is 2.59. The van der Waals surface area contributed by atoms with Gasteiger partial charge in [-0.15, -0.1) is 11.3 Å². The minimum Gasteiger partial charge on any atom is -0.378 e. The average molecular weight is 445 g/mol. The number of aromatic nitrogens is 2. The highest BCUT2D eigenvalue weighted by Gasteiger charge is 2.29. The van der Waals surface area contributed by atoms with Crippen LogP contribution in [-0.4, -0.2) is 52.8 Å². The Morgan fingerprint density at radius 3 is 2.53 bits per heavy atom. The quantitative estimate of drug-likeness (QED) is 0.663. The maximum absolute atomic E-state index is 13.4. The van der Waals surface area contributed by atoms with E-state index in [0.717, 1.165) is 16.0 Å². The van der Waals surface area contributed by atoms with Gasteiger partial charge in [0.25, 0.3) is 11.8 Å². The van der Waals surface area contributed by atoms with Crippen molar-refractivity contribution >= 4 is 39.8 Å². The topological polar surface area (TPSA) is 76.5 Å². The zero-order valence-corrected chi connectivity index (χ0v) is 18.2. The number of nitrogens with zero attached hydrogens (tertiary/aromatic N) is 3. The number of anilines is 1. The molecule has 1 N–H and O–H groups in total. The summed E-state index contributed by atoms with van der Waals surface area (Å²) in [6, 6.07) is 9.83. The highest BCUT2D eigenvalue weighted by Crippen LogP contribution is 2.41. The minimum absolute atomic E-state index is 0.111. The van der Waals surface area contributed by atoms with E-state index < -0.39 is 5.91 Å². The minimum atomic E-state index is -0.406. The van der Waals surface area contributed by atoms with E-state index >= 15 is 0 Å². The van der Waals surface area contributed by atoms with Gasteiger partial charge in [-0.25, -0.2) is 0 Å². The van der Waals surface area contributed by atoms with Gasteiger partial charge in [-0.2, -0.15) is 5.10 Å². The second-order valence-electron chi connectivity index (χ2n) is 6.95. The monoisotopic (exact) mass is 444 g/mol. The zero-order valence-electron chi connectivity index (χ0n) is 16.6. The fourth-order valence-electron chi connectivity index (χ4n) is 3.48. The van der Waals surface area contributed by atoms with Crippen LogP contribution >= 0.6 is 22.9 Å². The Labute approximate surface area is 183 Å². The van der Waals surface area contributed by atoms with E-state index in [1.54, 1.807) is 11.9 Å². The Morgan fingerprint density at radius 2 is 1.90 bits per heavy atom. The van der Waals surface area contributed by atoms with Crippen LogP contribution in [0.4, 0.5) is 5.00 Å². The number of halogens is 1. The summed E-state index contributed by atoms with van der Waals surface area (Å²) < 4.78 is 6.79. The van der Waals surface area contributed by atoms with Crippen LogP contribution in [0.2, 0.25) is 5.02 Å². The number of amides is 2. The first kappa shape index (κ1) is 20.6. The maximum atomic E-state index is 13.4. The first-order chi connectivity index (χ1) is 14.5. The second-order valence-corrected chi connectivity index (χ2v) is 8.38. The molecule has 2 amide bonds. The van der Waals surface area contributed by atoms with Crippen molar-refractivity contribution in [2.24, 2.45) is 7.05 Å². The largest absolute Gasteiger partial charge is 0.378 e. The van der Waals surface area contributed by atoms with E-state index in [1.807, 2.05) is 37.3 Å². The molecule has 3 aromatic rings. The number of rotatable bonds is 4. The third kappa shape index (κ3) is 3.86. The summed E-state index contributed by atoms with van der Waals surface area (Å²) in [6.07, 6.45) is 1.42. The van der Waals surface area contributed by atoms with Crippen molar-refractivity contribution in [1.29, 1.82) is 0 Å². The van der Waals surface area contributed by atoms with E-state index in [0.29, 0.717) is 36.9 Å². The molecule has 1 aliphatic rings. The van der Waals surface area contributed by atoms with Gasteiger partial charge in [0.05, 0.1) is 30.0 Å². The van der Waals surface area contributed by atoms with Gasteiger partial charge < -0.3 is 15.0 Å². The van der Waals surface area contributed by atoms with E-state index in [-0.39, 0.29) is 16.6 Å². The van der Waals surface area contributed by atoms with E-state index in [4.69, 9.17) is 16.3 Å². The maximum Gasteiger partial charge on any atom is 0.276 e. The van der Waals surface area contributed by atoms with Crippen LogP contribution in [0.3, 0.4) is 0 Å². The molecular formula is C21H21ClN4O3S. The van der Waals surface area contributed by atoms with Crippen LogP contribution in [0.25, 0.3) is 10.4 Å². The molecule has 0 bridgehead atoms. The van der Waals surface area contributed by atoms with E-state index in [2.05, 4.69) is 10.4 Å². The van der Waals surface area contributed by atoms with Crippen LogP contribution in [0, 0.1) is 6.92 Å². The smallest absolute Gasteiger partial charge is 0.276 e. The molecule has 1 saturated heterocycles. The van der Waals surface area contributed by atoms with Gasteiger partial charge in [0.15, 0.2) is 0 Å². The molecular weight excluding hydrogens is 424 g/mol. The fourth-order valence-corrected chi connectivity index (χ4v) is 4.93. The number of carbonyl (C=O) groups is 2. The summed E-state index contributed by atoms with van der Waals surface area (Å²) in [5, 5.41) is 7.68. The number of ether oxygens (including phenoxy) is 1. The zero-order chi connectivity index (χ0) is 21.3. The first-order valence-corrected chi connectivity index (χ1v) is 10.7. The Morgan fingerprint density at radius 1 is 1.20 bits per heavy atom. The Bertz CT molecular complexity index is 1070. The lowest BCUT2D eigenvalue weighted by molar-refractivity contribution is 0.0303. The Balaban J connectivity index is 1.76. The summed E-state index contributed by atoms with van der Waals surface area (Å²) in [5.74, 6) is -0.516. The number of hydrogen-bond donors (Lipinski definition) is 1. The molecule has 1 fully saturated rings. The lowest BCUT2D eigenvalue weighted by atomic mass is 10.1. The number of morpholine rings is 1. The van der Waals surface area contributed by atoms with Crippen molar-refractivity contribution in [2.75, 3.05) is 31.6 Å². The average Bonchev–Trinajstić information content (AvgIpc) is 3.27. The highest BCUT2D eigenvalue weighted by atomic mass is 35.5. The second kappa shape index (κ2) is 8.59. The van der Waals surface area contributed by atoms with Crippen LogP contribution in [0.1, 0.15) is 26.4 Å². The molecule has 0 radical (unpaired) electrons. The van der Waals surface area contributed by atoms with Gasteiger partial charge in [-0.05, 0) is 18.1 Å². The Kier molecular flexibility index (Phi) is 5.90. The molecule has 0 atom stereocenters. The predicted molar refractivity (Wildman–Crippen MR) is 117 cm³/mol.